The number of hydrogen-bond donors (Lipinski definition) is 1. The minimum Gasteiger partial charge on any atom is -0.481 e. The Hall–Kier alpha value is -0.780. The molecule has 1 unspecified atom stereocenters. The van der Waals surface area contributed by atoms with Crippen LogP contribution in [0.2, 0.25) is 0 Å². The fourth-order valence-corrected chi connectivity index (χ4v) is 0.943. The maximum absolute atomic E-state index is 12.1. The molecular formula is C8H11F3O3. The van der Waals surface area contributed by atoms with Gasteiger partial charge < -0.3 is 9.84 Å². The molecule has 0 saturated heterocycles. The van der Waals surface area contributed by atoms with E-state index < -0.39 is 24.7 Å². The molecule has 0 aromatic carbocycles. The average molecular weight is 212 g/mol. The second-order valence-corrected chi connectivity index (χ2v) is 3.41. The van der Waals surface area contributed by atoms with Gasteiger partial charge in [-0.2, -0.15) is 13.2 Å². The summed E-state index contributed by atoms with van der Waals surface area (Å²) < 4.78 is 40.9. The van der Waals surface area contributed by atoms with Crippen molar-refractivity contribution in [3.8, 4) is 0 Å². The third-order valence-corrected chi connectivity index (χ3v) is 2.03. The predicted molar refractivity (Wildman–Crippen MR) is 40.7 cm³/mol. The van der Waals surface area contributed by atoms with Crippen molar-refractivity contribution in [3.05, 3.63) is 0 Å². The van der Waals surface area contributed by atoms with Crippen molar-refractivity contribution >= 4 is 5.97 Å². The monoisotopic (exact) mass is 212 g/mol. The number of carboxylic acid groups (broad SMARTS) is 1. The molecule has 1 saturated carbocycles. The Kier molecular flexibility index (Phi) is 3.36. The minimum absolute atomic E-state index is 0.236. The minimum atomic E-state index is -4.73. The number of rotatable bonds is 5. The molecule has 0 amide bonds. The smallest absolute Gasteiger partial charge is 0.404 e. The Morgan fingerprint density at radius 1 is 1.50 bits per heavy atom. The van der Waals surface area contributed by atoms with Gasteiger partial charge >= 0.3 is 12.1 Å². The molecule has 1 fully saturated rings. The molecule has 1 atom stereocenters. The van der Waals surface area contributed by atoms with E-state index in [1.54, 1.807) is 0 Å². The summed E-state index contributed by atoms with van der Waals surface area (Å²) in [5.41, 5.74) is 0. The highest BCUT2D eigenvalue weighted by atomic mass is 19.4. The summed E-state index contributed by atoms with van der Waals surface area (Å²) in [6.07, 6.45) is -2.80. The molecule has 14 heavy (non-hydrogen) atoms. The molecule has 3 nitrogen and oxygen atoms in total. The zero-order valence-electron chi connectivity index (χ0n) is 7.38. The predicted octanol–water partition coefficient (Wildman–Crippen LogP) is 1.68. The third-order valence-electron chi connectivity index (χ3n) is 2.03. The molecule has 82 valence electrons. The molecule has 1 N–H and O–H groups in total. The van der Waals surface area contributed by atoms with Crippen LogP contribution in [0.15, 0.2) is 0 Å². The molecule has 1 rings (SSSR count). The van der Waals surface area contributed by atoms with E-state index in [1.165, 1.54) is 0 Å². The molecule has 1 aliphatic carbocycles. The number of hydrogen-bond acceptors (Lipinski definition) is 2. The number of halogens is 3. The van der Waals surface area contributed by atoms with E-state index in [9.17, 15) is 18.0 Å². The number of aliphatic carboxylic acids is 1. The standard InChI is InChI=1S/C8H11F3O3/c9-8(10,11)6(7(12)13)4-14-3-5-1-2-5/h5-6H,1-4H2,(H,12,13). The summed E-state index contributed by atoms with van der Waals surface area (Å²) in [7, 11) is 0. The van der Waals surface area contributed by atoms with E-state index in [0.717, 1.165) is 12.8 Å². The van der Waals surface area contributed by atoms with Crippen LogP contribution in [0.25, 0.3) is 0 Å². The van der Waals surface area contributed by atoms with Crippen LogP contribution in [0.1, 0.15) is 12.8 Å². The maximum Gasteiger partial charge on any atom is 0.404 e. The zero-order chi connectivity index (χ0) is 10.8. The van der Waals surface area contributed by atoms with Crippen LogP contribution in [-0.4, -0.2) is 30.5 Å². The van der Waals surface area contributed by atoms with E-state index in [0.29, 0.717) is 5.92 Å². The zero-order valence-corrected chi connectivity index (χ0v) is 7.38. The summed E-state index contributed by atoms with van der Waals surface area (Å²) >= 11 is 0. The van der Waals surface area contributed by atoms with Crippen molar-refractivity contribution in [3.63, 3.8) is 0 Å². The maximum atomic E-state index is 12.1. The fourth-order valence-electron chi connectivity index (χ4n) is 0.943. The van der Waals surface area contributed by atoms with E-state index in [-0.39, 0.29) is 6.61 Å². The van der Waals surface area contributed by atoms with Crippen LogP contribution in [0, 0.1) is 11.8 Å². The van der Waals surface area contributed by atoms with E-state index in [4.69, 9.17) is 9.84 Å². The number of alkyl halides is 3. The first-order valence-electron chi connectivity index (χ1n) is 4.28. The second-order valence-electron chi connectivity index (χ2n) is 3.41. The van der Waals surface area contributed by atoms with Crippen molar-refractivity contribution in [2.45, 2.75) is 19.0 Å². The van der Waals surface area contributed by atoms with Crippen LogP contribution in [0.3, 0.4) is 0 Å². The SMILES string of the molecule is O=C(O)C(COCC1CC1)C(F)(F)F. The lowest BCUT2D eigenvalue weighted by Crippen LogP contribution is -2.34. The highest BCUT2D eigenvalue weighted by molar-refractivity contribution is 5.71. The van der Waals surface area contributed by atoms with Crippen molar-refractivity contribution in [2.24, 2.45) is 11.8 Å². The molecule has 0 aromatic heterocycles. The lowest BCUT2D eigenvalue weighted by molar-refractivity contribution is -0.203. The normalized spacial score (nSPS) is 19.4. The highest BCUT2D eigenvalue weighted by Gasteiger charge is 2.45. The molecule has 0 spiro atoms. The first kappa shape index (κ1) is 11.3. The Morgan fingerprint density at radius 3 is 2.43 bits per heavy atom. The van der Waals surface area contributed by atoms with Crippen LogP contribution < -0.4 is 0 Å². The molecule has 0 bridgehead atoms. The van der Waals surface area contributed by atoms with Crippen LogP contribution in [0.4, 0.5) is 13.2 Å². The highest BCUT2D eigenvalue weighted by Crippen LogP contribution is 2.30. The fraction of sp³-hybridized carbons (Fsp3) is 0.875. The van der Waals surface area contributed by atoms with Gasteiger partial charge in [-0.25, -0.2) is 0 Å². The lowest BCUT2D eigenvalue weighted by atomic mass is 10.1. The average Bonchev–Trinajstić information content (AvgIpc) is 2.77. The quantitative estimate of drug-likeness (QED) is 0.754. The van der Waals surface area contributed by atoms with Crippen LogP contribution >= 0.6 is 0 Å². The first-order valence-corrected chi connectivity index (χ1v) is 4.28. The summed E-state index contributed by atoms with van der Waals surface area (Å²) in [5, 5.41) is 8.29. The van der Waals surface area contributed by atoms with Crippen molar-refractivity contribution in [1.82, 2.24) is 0 Å². The largest absolute Gasteiger partial charge is 0.481 e. The van der Waals surface area contributed by atoms with Gasteiger partial charge in [0.05, 0.1) is 6.61 Å². The Morgan fingerprint density at radius 2 is 2.07 bits per heavy atom. The molecule has 1 aliphatic rings. The van der Waals surface area contributed by atoms with E-state index in [1.807, 2.05) is 0 Å². The molecule has 0 radical (unpaired) electrons. The molecule has 0 aliphatic heterocycles. The van der Waals surface area contributed by atoms with Gasteiger partial charge in [0.25, 0.3) is 0 Å². The van der Waals surface area contributed by atoms with Gasteiger partial charge in [0.1, 0.15) is 0 Å². The van der Waals surface area contributed by atoms with Crippen molar-refractivity contribution in [1.29, 1.82) is 0 Å². The van der Waals surface area contributed by atoms with E-state index >= 15 is 0 Å². The van der Waals surface area contributed by atoms with Gasteiger partial charge in [0, 0.05) is 6.61 Å². The van der Waals surface area contributed by atoms with Gasteiger partial charge in [0.15, 0.2) is 5.92 Å². The summed E-state index contributed by atoms with van der Waals surface area (Å²) in [6, 6.07) is 0. The van der Waals surface area contributed by atoms with Gasteiger partial charge in [-0.3, -0.25) is 4.79 Å². The van der Waals surface area contributed by atoms with Gasteiger partial charge in [-0.05, 0) is 18.8 Å². The Labute approximate surface area is 78.9 Å². The number of carbonyl (C=O) groups is 1. The summed E-state index contributed by atoms with van der Waals surface area (Å²) in [6.45, 7) is -0.546. The van der Waals surface area contributed by atoms with Crippen LogP contribution in [0.5, 0.6) is 0 Å². The molecule has 6 heteroatoms. The first-order chi connectivity index (χ1) is 6.41. The van der Waals surface area contributed by atoms with E-state index in [2.05, 4.69) is 0 Å². The second kappa shape index (κ2) is 4.16. The topological polar surface area (TPSA) is 46.5 Å². The van der Waals surface area contributed by atoms with Gasteiger partial charge in [0.2, 0.25) is 0 Å². The number of carboxylic acids is 1. The van der Waals surface area contributed by atoms with Crippen LogP contribution in [-0.2, 0) is 9.53 Å². The molecule has 0 heterocycles. The summed E-state index contributed by atoms with van der Waals surface area (Å²) in [4.78, 5) is 10.2. The third kappa shape index (κ3) is 3.53. The van der Waals surface area contributed by atoms with Crippen molar-refractivity contribution in [2.75, 3.05) is 13.2 Å². The Balaban J connectivity index is 2.30. The lowest BCUT2D eigenvalue weighted by Gasteiger charge is -2.15. The number of ether oxygens (including phenoxy) is 1. The molecular weight excluding hydrogens is 201 g/mol. The van der Waals surface area contributed by atoms with Crippen molar-refractivity contribution < 1.29 is 27.8 Å². The Bertz CT molecular complexity index is 210. The summed E-state index contributed by atoms with van der Waals surface area (Å²) in [5.74, 6) is -3.95. The van der Waals surface area contributed by atoms with Gasteiger partial charge in [-0.15, -0.1) is 0 Å². The molecule has 0 aromatic rings. The van der Waals surface area contributed by atoms with Gasteiger partial charge in [-0.1, -0.05) is 0 Å².